The zero-order valence-corrected chi connectivity index (χ0v) is 15.6. The second-order valence-electron chi connectivity index (χ2n) is 6.90. The van der Waals surface area contributed by atoms with Crippen molar-refractivity contribution in [2.75, 3.05) is 6.61 Å². The van der Waals surface area contributed by atoms with Crippen LogP contribution in [0.1, 0.15) is 22.6 Å². The van der Waals surface area contributed by atoms with Gasteiger partial charge in [-0.15, -0.1) is 0 Å². The minimum absolute atomic E-state index is 0.0882. The lowest BCUT2D eigenvalue weighted by atomic mass is 9.98. The van der Waals surface area contributed by atoms with Crippen molar-refractivity contribution < 1.29 is 19.4 Å². The Balaban J connectivity index is 1.43. The average Bonchev–Trinajstić information content (AvgIpc) is 3.06. The molecule has 0 bridgehead atoms. The van der Waals surface area contributed by atoms with Gasteiger partial charge in [0.25, 0.3) is 0 Å². The van der Waals surface area contributed by atoms with E-state index in [4.69, 9.17) is 4.74 Å². The number of carbonyl (C=O) groups excluding carboxylic acids is 2. The van der Waals surface area contributed by atoms with Gasteiger partial charge in [-0.1, -0.05) is 48.5 Å². The van der Waals surface area contributed by atoms with E-state index < -0.39 is 18.1 Å². The highest BCUT2D eigenvalue weighted by Gasteiger charge is 2.29. The minimum atomic E-state index is -1.37. The van der Waals surface area contributed by atoms with Gasteiger partial charge >= 0.3 is 6.09 Å². The standard InChI is InChI=1S/C23H20N2O4/c26-22(27)21(13-15-9-11-24-12-10-15)25-23(28)29-14-20-18-7-3-1-5-16(18)17-6-2-4-8-19(17)20/h1-12,20-21H,13-14H2,(H,25,28)(H,26,27)/p-1/t21-/m0/s1. The van der Waals surface area contributed by atoms with Gasteiger partial charge < -0.3 is 20.0 Å². The SMILES string of the molecule is O=C(N[C@@H](Cc1ccncc1)C(=O)[O-])OCC1c2ccccc2-c2ccccc21. The monoisotopic (exact) mass is 387 g/mol. The van der Waals surface area contributed by atoms with Crippen molar-refractivity contribution in [3.63, 3.8) is 0 Å². The Morgan fingerprint density at radius 2 is 1.55 bits per heavy atom. The largest absolute Gasteiger partial charge is 0.548 e. The molecule has 2 aromatic carbocycles. The molecule has 1 atom stereocenters. The van der Waals surface area contributed by atoms with E-state index in [1.54, 1.807) is 24.5 Å². The van der Waals surface area contributed by atoms with Crippen LogP contribution in [-0.2, 0) is 16.0 Å². The van der Waals surface area contributed by atoms with Gasteiger partial charge in [-0.05, 0) is 46.4 Å². The molecule has 0 fully saturated rings. The molecule has 1 aromatic heterocycles. The average molecular weight is 387 g/mol. The Hall–Kier alpha value is -3.67. The van der Waals surface area contributed by atoms with Crippen molar-refractivity contribution >= 4 is 12.1 Å². The fraction of sp³-hybridized carbons (Fsp3) is 0.174. The van der Waals surface area contributed by atoms with Crippen LogP contribution in [0.4, 0.5) is 4.79 Å². The highest BCUT2D eigenvalue weighted by molar-refractivity contribution is 5.80. The van der Waals surface area contributed by atoms with Crippen LogP contribution in [0.25, 0.3) is 11.1 Å². The lowest BCUT2D eigenvalue weighted by Gasteiger charge is -2.20. The molecule has 0 radical (unpaired) electrons. The molecular weight excluding hydrogens is 368 g/mol. The number of hydrogen-bond acceptors (Lipinski definition) is 5. The smallest absolute Gasteiger partial charge is 0.407 e. The first-order valence-electron chi connectivity index (χ1n) is 9.35. The number of rotatable bonds is 6. The summed E-state index contributed by atoms with van der Waals surface area (Å²) >= 11 is 0. The van der Waals surface area contributed by atoms with Crippen LogP contribution in [-0.4, -0.2) is 29.7 Å². The molecule has 6 nitrogen and oxygen atoms in total. The summed E-state index contributed by atoms with van der Waals surface area (Å²) in [5, 5.41) is 13.8. The number of ether oxygens (including phenoxy) is 1. The molecule has 1 N–H and O–H groups in total. The zero-order valence-electron chi connectivity index (χ0n) is 15.6. The molecule has 146 valence electrons. The lowest BCUT2D eigenvalue weighted by Crippen LogP contribution is -2.49. The van der Waals surface area contributed by atoms with Gasteiger partial charge in [-0.3, -0.25) is 4.98 Å². The Bertz CT molecular complexity index is 990. The molecule has 1 aliphatic carbocycles. The number of carboxylic acid groups (broad SMARTS) is 1. The van der Waals surface area contributed by atoms with E-state index in [2.05, 4.69) is 22.4 Å². The molecule has 0 aliphatic heterocycles. The third kappa shape index (κ3) is 3.96. The Kier molecular flexibility index (Phi) is 5.24. The van der Waals surface area contributed by atoms with Crippen LogP contribution in [0.15, 0.2) is 73.1 Å². The maximum atomic E-state index is 12.3. The van der Waals surface area contributed by atoms with Crippen molar-refractivity contribution in [2.45, 2.75) is 18.4 Å². The van der Waals surface area contributed by atoms with Gasteiger partial charge in [0.2, 0.25) is 0 Å². The number of aliphatic carboxylic acids is 1. The van der Waals surface area contributed by atoms with Crippen molar-refractivity contribution in [1.29, 1.82) is 0 Å². The predicted octanol–water partition coefficient (Wildman–Crippen LogP) is 2.28. The van der Waals surface area contributed by atoms with Crippen molar-refractivity contribution in [1.82, 2.24) is 10.3 Å². The van der Waals surface area contributed by atoms with E-state index in [0.717, 1.165) is 27.8 Å². The van der Waals surface area contributed by atoms with E-state index in [1.807, 2.05) is 36.4 Å². The van der Waals surface area contributed by atoms with Gasteiger partial charge in [0.1, 0.15) is 6.61 Å². The number of carbonyl (C=O) groups is 2. The third-order valence-electron chi connectivity index (χ3n) is 5.11. The fourth-order valence-electron chi connectivity index (χ4n) is 3.73. The summed E-state index contributed by atoms with van der Waals surface area (Å²) in [5.74, 6) is -1.45. The maximum absolute atomic E-state index is 12.3. The molecule has 3 aromatic rings. The van der Waals surface area contributed by atoms with E-state index >= 15 is 0 Å². The van der Waals surface area contributed by atoms with E-state index in [0.29, 0.717) is 0 Å². The summed E-state index contributed by atoms with van der Waals surface area (Å²) in [5.41, 5.74) is 5.17. The topological polar surface area (TPSA) is 91.4 Å². The Labute approximate surface area is 168 Å². The van der Waals surface area contributed by atoms with Gasteiger partial charge in [-0.25, -0.2) is 4.79 Å². The maximum Gasteiger partial charge on any atom is 0.407 e. The van der Waals surface area contributed by atoms with Gasteiger partial charge in [0.05, 0.1) is 12.0 Å². The highest BCUT2D eigenvalue weighted by Crippen LogP contribution is 2.44. The summed E-state index contributed by atoms with van der Waals surface area (Å²) in [6, 6.07) is 18.2. The summed E-state index contributed by atoms with van der Waals surface area (Å²) in [7, 11) is 0. The van der Waals surface area contributed by atoms with Crippen LogP contribution < -0.4 is 10.4 Å². The van der Waals surface area contributed by atoms with Crippen molar-refractivity contribution in [3.8, 4) is 11.1 Å². The molecule has 0 saturated carbocycles. The number of hydrogen-bond donors (Lipinski definition) is 1. The molecule has 0 unspecified atom stereocenters. The number of amides is 1. The van der Waals surface area contributed by atoms with Crippen LogP contribution in [0.3, 0.4) is 0 Å². The van der Waals surface area contributed by atoms with Crippen molar-refractivity contribution in [3.05, 3.63) is 89.7 Å². The summed E-state index contributed by atoms with van der Waals surface area (Å²) in [6.45, 7) is 0.120. The van der Waals surface area contributed by atoms with E-state index in [-0.39, 0.29) is 18.9 Å². The summed E-state index contributed by atoms with van der Waals surface area (Å²) in [4.78, 5) is 27.6. The Morgan fingerprint density at radius 3 is 2.14 bits per heavy atom. The number of nitrogens with one attached hydrogen (secondary N) is 1. The van der Waals surface area contributed by atoms with Crippen molar-refractivity contribution in [2.24, 2.45) is 0 Å². The lowest BCUT2D eigenvalue weighted by molar-refractivity contribution is -0.308. The number of nitrogens with zero attached hydrogens (tertiary/aromatic N) is 1. The third-order valence-corrected chi connectivity index (χ3v) is 5.11. The van der Waals surface area contributed by atoms with Gasteiger partial charge in [0, 0.05) is 18.3 Å². The molecular formula is C23H19N2O4-. The minimum Gasteiger partial charge on any atom is -0.548 e. The first-order chi connectivity index (χ1) is 14.1. The number of benzene rings is 2. The Morgan fingerprint density at radius 1 is 0.966 bits per heavy atom. The second-order valence-corrected chi connectivity index (χ2v) is 6.90. The van der Waals surface area contributed by atoms with Crippen LogP contribution in [0.2, 0.25) is 0 Å². The molecule has 4 rings (SSSR count). The number of alkyl carbamates (subject to hydrolysis) is 1. The first kappa shape index (κ1) is 18.7. The number of pyridine rings is 1. The number of aromatic nitrogens is 1. The fourth-order valence-corrected chi connectivity index (χ4v) is 3.73. The van der Waals surface area contributed by atoms with Crippen LogP contribution >= 0.6 is 0 Å². The molecule has 1 aliphatic rings. The first-order valence-corrected chi connectivity index (χ1v) is 9.35. The van der Waals surface area contributed by atoms with Crippen LogP contribution in [0.5, 0.6) is 0 Å². The van der Waals surface area contributed by atoms with Gasteiger partial charge in [-0.2, -0.15) is 0 Å². The van der Waals surface area contributed by atoms with E-state index in [9.17, 15) is 14.7 Å². The molecule has 29 heavy (non-hydrogen) atoms. The summed E-state index contributed by atoms with van der Waals surface area (Å²) < 4.78 is 5.40. The summed E-state index contributed by atoms with van der Waals surface area (Å²) in [6.07, 6.45) is 2.44. The highest BCUT2D eigenvalue weighted by atomic mass is 16.5. The molecule has 1 amide bonds. The molecule has 6 heteroatoms. The van der Waals surface area contributed by atoms with Gasteiger partial charge in [0.15, 0.2) is 0 Å². The number of fused-ring (bicyclic) bond motifs is 3. The normalized spacial score (nSPS) is 13.2. The number of carboxylic acids is 1. The molecule has 0 saturated heterocycles. The van der Waals surface area contributed by atoms with E-state index in [1.165, 1.54) is 0 Å². The zero-order chi connectivity index (χ0) is 20.2. The molecule has 0 spiro atoms. The quantitative estimate of drug-likeness (QED) is 0.701. The second kappa shape index (κ2) is 8.14. The molecule has 1 heterocycles. The predicted molar refractivity (Wildman–Crippen MR) is 105 cm³/mol. The van der Waals surface area contributed by atoms with Crippen LogP contribution in [0, 0.1) is 0 Å².